The molecule has 0 saturated carbocycles. The summed E-state index contributed by atoms with van der Waals surface area (Å²) in [5.74, 6) is 0. The number of hydrogen-bond acceptors (Lipinski definition) is 2. The van der Waals surface area contributed by atoms with Crippen molar-refractivity contribution in [3.63, 3.8) is 0 Å². The molecule has 0 bridgehead atoms. The second-order valence-corrected chi connectivity index (χ2v) is 2.85. The van der Waals surface area contributed by atoms with E-state index in [0.29, 0.717) is 6.54 Å². The van der Waals surface area contributed by atoms with Gasteiger partial charge < -0.3 is 11.5 Å². The SMILES string of the molecule is Cc1cc(CN)cc(C)c1N. The summed E-state index contributed by atoms with van der Waals surface area (Å²) in [5.41, 5.74) is 15.5. The first kappa shape index (κ1) is 8.08. The van der Waals surface area contributed by atoms with Crippen LogP contribution in [0.1, 0.15) is 16.7 Å². The third-order valence-electron chi connectivity index (χ3n) is 1.89. The number of nitrogen functional groups attached to an aromatic ring is 1. The van der Waals surface area contributed by atoms with E-state index in [1.165, 1.54) is 0 Å². The Kier molecular flexibility index (Phi) is 2.15. The largest absolute Gasteiger partial charge is 0.398 e. The fraction of sp³-hybridized carbons (Fsp3) is 0.333. The first-order chi connectivity index (χ1) is 5.15. The molecule has 0 fully saturated rings. The summed E-state index contributed by atoms with van der Waals surface area (Å²) in [6.45, 7) is 4.59. The number of benzene rings is 1. The lowest BCUT2D eigenvalue weighted by atomic mass is 10.1. The van der Waals surface area contributed by atoms with Crippen molar-refractivity contribution in [2.45, 2.75) is 20.4 Å². The summed E-state index contributed by atoms with van der Waals surface area (Å²) in [6.07, 6.45) is 0. The standard InChI is InChI=1S/C9H14N2/c1-6-3-8(5-10)4-7(2)9(6)11/h3-4H,5,10-11H2,1-2H3. The highest BCUT2D eigenvalue weighted by molar-refractivity contribution is 5.54. The molecule has 4 N–H and O–H groups in total. The zero-order valence-corrected chi connectivity index (χ0v) is 7.02. The smallest absolute Gasteiger partial charge is 0.0373 e. The lowest BCUT2D eigenvalue weighted by Gasteiger charge is -2.06. The van der Waals surface area contributed by atoms with E-state index in [2.05, 4.69) is 0 Å². The minimum Gasteiger partial charge on any atom is -0.398 e. The number of rotatable bonds is 1. The maximum atomic E-state index is 5.76. The lowest BCUT2D eigenvalue weighted by Crippen LogP contribution is -2.00. The van der Waals surface area contributed by atoms with Crippen molar-refractivity contribution in [2.75, 3.05) is 5.73 Å². The second-order valence-electron chi connectivity index (χ2n) is 2.85. The van der Waals surface area contributed by atoms with Gasteiger partial charge in [0.05, 0.1) is 0 Å². The molecule has 1 rings (SSSR count). The van der Waals surface area contributed by atoms with Gasteiger partial charge in [-0.25, -0.2) is 0 Å². The Hall–Kier alpha value is -1.02. The predicted molar refractivity (Wildman–Crippen MR) is 48.2 cm³/mol. The summed E-state index contributed by atoms with van der Waals surface area (Å²) in [4.78, 5) is 0. The fourth-order valence-electron chi connectivity index (χ4n) is 1.18. The average Bonchev–Trinajstić information content (AvgIpc) is 1.99. The van der Waals surface area contributed by atoms with Crippen LogP contribution < -0.4 is 11.5 Å². The summed E-state index contributed by atoms with van der Waals surface area (Å²) >= 11 is 0. The molecule has 0 radical (unpaired) electrons. The highest BCUT2D eigenvalue weighted by atomic mass is 14.6. The summed E-state index contributed by atoms with van der Waals surface area (Å²) < 4.78 is 0. The van der Waals surface area contributed by atoms with E-state index < -0.39 is 0 Å². The molecule has 0 heterocycles. The Morgan fingerprint density at radius 1 is 1.18 bits per heavy atom. The number of anilines is 1. The van der Waals surface area contributed by atoms with E-state index in [4.69, 9.17) is 11.5 Å². The van der Waals surface area contributed by atoms with Gasteiger partial charge in [-0.1, -0.05) is 12.1 Å². The van der Waals surface area contributed by atoms with Crippen molar-refractivity contribution < 1.29 is 0 Å². The van der Waals surface area contributed by atoms with Gasteiger partial charge in [-0.2, -0.15) is 0 Å². The molecular formula is C9H14N2. The molecule has 0 unspecified atom stereocenters. The molecule has 0 aliphatic rings. The highest BCUT2D eigenvalue weighted by Crippen LogP contribution is 2.17. The number of hydrogen-bond donors (Lipinski definition) is 2. The van der Waals surface area contributed by atoms with Gasteiger partial charge in [-0.05, 0) is 30.5 Å². The van der Waals surface area contributed by atoms with Crippen LogP contribution in [0.5, 0.6) is 0 Å². The van der Waals surface area contributed by atoms with Gasteiger partial charge in [0, 0.05) is 12.2 Å². The Labute approximate surface area is 67.2 Å². The number of nitrogens with two attached hydrogens (primary N) is 2. The van der Waals surface area contributed by atoms with Gasteiger partial charge in [-0.15, -0.1) is 0 Å². The second kappa shape index (κ2) is 2.93. The molecule has 1 aromatic rings. The van der Waals surface area contributed by atoms with Crippen LogP contribution in [-0.2, 0) is 6.54 Å². The van der Waals surface area contributed by atoms with Crippen molar-refractivity contribution in [2.24, 2.45) is 5.73 Å². The zero-order chi connectivity index (χ0) is 8.43. The molecule has 0 aliphatic heterocycles. The molecule has 0 amide bonds. The van der Waals surface area contributed by atoms with E-state index in [9.17, 15) is 0 Å². The van der Waals surface area contributed by atoms with Crippen molar-refractivity contribution in [1.82, 2.24) is 0 Å². The van der Waals surface area contributed by atoms with Gasteiger partial charge >= 0.3 is 0 Å². The van der Waals surface area contributed by atoms with Crippen molar-refractivity contribution in [1.29, 1.82) is 0 Å². The third kappa shape index (κ3) is 1.52. The monoisotopic (exact) mass is 150 g/mol. The maximum absolute atomic E-state index is 5.76. The minimum absolute atomic E-state index is 0.585. The molecule has 0 spiro atoms. The van der Waals surface area contributed by atoms with Crippen LogP contribution >= 0.6 is 0 Å². The van der Waals surface area contributed by atoms with E-state index in [-0.39, 0.29) is 0 Å². The van der Waals surface area contributed by atoms with Crippen LogP contribution in [0.2, 0.25) is 0 Å². The van der Waals surface area contributed by atoms with Crippen LogP contribution in [0.3, 0.4) is 0 Å². The molecule has 0 aromatic heterocycles. The van der Waals surface area contributed by atoms with Gasteiger partial charge in [0.25, 0.3) is 0 Å². The fourth-order valence-corrected chi connectivity index (χ4v) is 1.18. The van der Waals surface area contributed by atoms with E-state index in [1.54, 1.807) is 0 Å². The van der Waals surface area contributed by atoms with Crippen LogP contribution in [-0.4, -0.2) is 0 Å². The van der Waals surface area contributed by atoms with Gasteiger partial charge in [0.15, 0.2) is 0 Å². The van der Waals surface area contributed by atoms with Crippen molar-refractivity contribution >= 4 is 5.69 Å². The Morgan fingerprint density at radius 2 is 1.64 bits per heavy atom. The third-order valence-corrected chi connectivity index (χ3v) is 1.89. The summed E-state index contributed by atoms with van der Waals surface area (Å²) in [7, 11) is 0. The predicted octanol–water partition coefficient (Wildman–Crippen LogP) is 1.34. The molecule has 2 nitrogen and oxygen atoms in total. The van der Waals surface area contributed by atoms with Crippen LogP contribution in [0, 0.1) is 13.8 Å². The molecular weight excluding hydrogens is 136 g/mol. The molecule has 0 aliphatic carbocycles. The van der Waals surface area contributed by atoms with E-state index >= 15 is 0 Å². The number of aryl methyl sites for hydroxylation is 2. The van der Waals surface area contributed by atoms with Crippen molar-refractivity contribution in [3.05, 3.63) is 28.8 Å². The van der Waals surface area contributed by atoms with Crippen LogP contribution in [0.25, 0.3) is 0 Å². The van der Waals surface area contributed by atoms with Crippen LogP contribution in [0.4, 0.5) is 5.69 Å². The first-order valence-electron chi connectivity index (χ1n) is 3.71. The quantitative estimate of drug-likeness (QED) is 0.594. The minimum atomic E-state index is 0.585. The average molecular weight is 150 g/mol. The normalized spacial score (nSPS) is 10.1. The van der Waals surface area contributed by atoms with Crippen LogP contribution in [0.15, 0.2) is 12.1 Å². The molecule has 2 heteroatoms. The zero-order valence-electron chi connectivity index (χ0n) is 7.02. The summed E-state index contributed by atoms with van der Waals surface area (Å²) in [5, 5.41) is 0. The lowest BCUT2D eigenvalue weighted by molar-refractivity contribution is 1.06. The summed E-state index contributed by atoms with van der Waals surface area (Å²) in [6, 6.07) is 4.06. The Morgan fingerprint density at radius 3 is 2.00 bits per heavy atom. The topological polar surface area (TPSA) is 52.0 Å². The Balaban J connectivity index is 3.21. The van der Waals surface area contributed by atoms with E-state index in [0.717, 1.165) is 22.4 Å². The molecule has 11 heavy (non-hydrogen) atoms. The molecule has 1 aromatic carbocycles. The van der Waals surface area contributed by atoms with Crippen molar-refractivity contribution in [3.8, 4) is 0 Å². The first-order valence-corrected chi connectivity index (χ1v) is 3.71. The van der Waals surface area contributed by atoms with Gasteiger partial charge in [0.1, 0.15) is 0 Å². The Bertz CT molecular complexity index is 243. The van der Waals surface area contributed by atoms with Gasteiger partial charge in [0.2, 0.25) is 0 Å². The maximum Gasteiger partial charge on any atom is 0.0373 e. The molecule has 0 saturated heterocycles. The molecule has 60 valence electrons. The molecule has 0 atom stereocenters. The van der Waals surface area contributed by atoms with E-state index in [1.807, 2.05) is 26.0 Å². The highest BCUT2D eigenvalue weighted by Gasteiger charge is 1.99. The van der Waals surface area contributed by atoms with Gasteiger partial charge in [-0.3, -0.25) is 0 Å².